The minimum absolute atomic E-state index is 0.0626. The van der Waals surface area contributed by atoms with Gasteiger partial charge in [-0.1, -0.05) is 6.07 Å². The molecule has 0 spiro atoms. The molecule has 170 valence electrons. The van der Waals surface area contributed by atoms with Gasteiger partial charge in [0.05, 0.1) is 39.8 Å². The van der Waals surface area contributed by atoms with E-state index in [0.29, 0.717) is 33.4 Å². The van der Waals surface area contributed by atoms with Crippen LogP contribution in [0.4, 0.5) is 10.1 Å². The number of fused-ring (bicyclic) bond motifs is 1. The van der Waals surface area contributed by atoms with E-state index in [0.717, 1.165) is 17.7 Å². The minimum Gasteiger partial charge on any atom is -0.478 e. The maximum absolute atomic E-state index is 13.9. The summed E-state index contributed by atoms with van der Waals surface area (Å²) < 4.78 is 15.3. The molecule has 3 aromatic carbocycles. The third-order valence-corrected chi connectivity index (χ3v) is 5.68. The number of benzene rings is 3. The molecule has 0 saturated carbocycles. The number of nitriles is 1. The zero-order valence-electron chi connectivity index (χ0n) is 18.8. The molecule has 34 heavy (non-hydrogen) atoms. The molecular weight excluding hydrogens is 435 g/mol. The molecule has 2 N–H and O–H groups in total. The van der Waals surface area contributed by atoms with Crippen LogP contribution in [0.1, 0.15) is 40.0 Å². The zero-order chi connectivity index (χ0) is 24.6. The molecule has 4 aromatic rings. The summed E-state index contributed by atoms with van der Waals surface area (Å²) >= 11 is 0. The lowest BCUT2D eigenvalue weighted by Gasteiger charge is -2.20. The van der Waals surface area contributed by atoms with Gasteiger partial charge in [0, 0.05) is 18.2 Å². The summed E-state index contributed by atoms with van der Waals surface area (Å²) in [6, 6.07) is 15.4. The normalized spacial score (nSPS) is 11.7. The van der Waals surface area contributed by atoms with E-state index in [2.05, 4.69) is 11.4 Å². The highest BCUT2D eigenvalue weighted by Crippen LogP contribution is 2.29. The number of nitrogens with one attached hydrogen (secondary N) is 1. The van der Waals surface area contributed by atoms with Crippen LogP contribution in [0.2, 0.25) is 0 Å². The van der Waals surface area contributed by atoms with Gasteiger partial charge in [0.2, 0.25) is 0 Å². The number of rotatable bonds is 5. The Bertz CT molecular complexity index is 1540. The maximum Gasteiger partial charge on any atom is 0.337 e. The standard InChI is InChI=1S/C26H21FN4O3/c1-14-10-20(15(2)29-22-12-18(27)8-9-19(22)26(33)34)23-21(11-14)25(32)31(3)24(30-23)17-6-4-16(13-28)5-7-17/h4-12,15,29H,1-3H3,(H,33,34)/t15-/m1/s1. The smallest absolute Gasteiger partial charge is 0.337 e. The Balaban J connectivity index is 1.89. The number of hydrogen-bond acceptors (Lipinski definition) is 5. The van der Waals surface area contributed by atoms with E-state index < -0.39 is 17.8 Å². The molecule has 0 bridgehead atoms. The van der Waals surface area contributed by atoms with E-state index in [9.17, 15) is 19.1 Å². The lowest BCUT2D eigenvalue weighted by atomic mass is 10.00. The first-order valence-corrected chi connectivity index (χ1v) is 10.5. The molecule has 0 aliphatic carbocycles. The number of carbonyl (C=O) groups is 1. The summed E-state index contributed by atoms with van der Waals surface area (Å²) in [6.07, 6.45) is 0. The Morgan fingerprint density at radius 1 is 1.18 bits per heavy atom. The van der Waals surface area contributed by atoms with Gasteiger partial charge in [-0.05, 0) is 67.9 Å². The molecule has 0 radical (unpaired) electrons. The summed E-state index contributed by atoms with van der Waals surface area (Å²) in [5, 5.41) is 22.0. The van der Waals surface area contributed by atoms with Gasteiger partial charge in [0.15, 0.2) is 0 Å². The van der Waals surface area contributed by atoms with Crippen molar-refractivity contribution in [2.45, 2.75) is 19.9 Å². The second-order valence-electron chi connectivity index (χ2n) is 8.10. The highest BCUT2D eigenvalue weighted by atomic mass is 19.1. The van der Waals surface area contributed by atoms with Gasteiger partial charge in [-0.25, -0.2) is 14.2 Å². The van der Waals surface area contributed by atoms with Gasteiger partial charge >= 0.3 is 5.97 Å². The fourth-order valence-electron chi connectivity index (χ4n) is 3.97. The van der Waals surface area contributed by atoms with Crippen LogP contribution in [0.3, 0.4) is 0 Å². The van der Waals surface area contributed by atoms with E-state index >= 15 is 0 Å². The first kappa shape index (κ1) is 22.7. The summed E-state index contributed by atoms with van der Waals surface area (Å²) in [6.45, 7) is 3.65. The number of carboxylic acids is 1. The van der Waals surface area contributed by atoms with Gasteiger partial charge in [-0.3, -0.25) is 9.36 Å². The van der Waals surface area contributed by atoms with Gasteiger partial charge < -0.3 is 10.4 Å². The average Bonchev–Trinajstić information content (AvgIpc) is 2.81. The maximum atomic E-state index is 13.9. The fraction of sp³-hybridized carbons (Fsp3) is 0.154. The van der Waals surface area contributed by atoms with Crippen molar-refractivity contribution in [1.82, 2.24) is 9.55 Å². The number of hydrogen-bond donors (Lipinski definition) is 2. The highest BCUT2D eigenvalue weighted by Gasteiger charge is 2.19. The van der Waals surface area contributed by atoms with Crippen LogP contribution >= 0.6 is 0 Å². The predicted molar refractivity (Wildman–Crippen MR) is 127 cm³/mol. The molecule has 7 nitrogen and oxygen atoms in total. The van der Waals surface area contributed by atoms with Gasteiger partial charge in [-0.2, -0.15) is 5.26 Å². The van der Waals surface area contributed by atoms with Crippen molar-refractivity contribution in [3.63, 3.8) is 0 Å². The molecule has 0 aliphatic rings. The molecule has 1 heterocycles. The Labute approximate surface area is 194 Å². The summed E-state index contributed by atoms with van der Waals surface area (Å²) in [4.78, 5) is 29.6. The number of anilines is 1. The third-order valence-electron chi connectivity index (χ3n) is 5.68. The summed E-state index contributed by atoms with van der Waals surface area (Å²) in [7, 11) is 1.64. The van der Waals surface area contributed by atoms with Crippen LogP contribution in [-0.4, -0.2) is 20.6 Å². The number of aromatic carboxylic acids is 1. The molecule has 0 amide bonds. The van der Waals surface area contributed by atoms with Crippen molar-refractivity contribution in [3.8, 4) is 17.5 Å². The number of nitrogens with zero attached hydrogens (tertiary/aromatic N) is 3. The average molecular weight is 456 g/mol. The van der Waals surface area contributed by atoms with Crippen LogP contribution in [0.15, 0.2) is 59.4 Å². The van der Waals surface area contributed by atoms with Crippen molar-refractivity contribution < 1.29 is 14.3 Å². The molecule has 0 saturated heterocycles. The van der Waals surface area contributed by atoms with Crippen molar-refractivity contribution >= 4 is 22.6 Å². The molecular formula is C26H21FN4O3. The second kappa shape index (κ2) is 8.79. The molecule has 8 heteroatoms. The first-order valence-electron chi connectivity index (χ1n) is 10.5. The van der Waals surface area contributed by atoms with Crippen LogP contribution < -0.4 is 10.9 Å². The molecule has 0 unspecified atom stereocenters. The van der Waals surface area contributed by atoms with Gasteiger partial charge in [-0.15, -0.1) is 0 Å². The third kappa shape index (κ3) is 4.11. The number of halogens is 1. The Morgan fingerprint density at radius 3 is 2.53 bits per heavy atom. The van der Waals surface area contributed by atoms with Crippen LogP contribution in [0, 0.1) is 24.1 Å². The molecule has 0 fully saturated rings. The van der Waals surface area contributed by atoms with Crippen molar-refractivity contribution in [1.29, 1.82) is 5.26 Å². The van der Waals surface area contributed by atoms with Crippen LogP contribution in [0.25, 0.3) is 22.3 Å². The highest BCUT2D eigenvalue weighted by molar-refractivity contribution is 5.94. The number of aromatic nitrogens is 2. The molecule has 4 rings (SSSR count). The van der Waals surface area contributed by atoms with Gasteiger partial charge in [0.1, 0.15) is 11.6 Å². The van der Waals surface area contributed by atoms with Crippen LogP contribution in [0.5, 0.6) is 0 Å². The lowest BCUT2D eigenvalue weighted by molar-refractivity contribution is 0.0698. The van der Waals surface area contributed by atoms with E-state index in [4.69, 9.17) is 10.2 Å². The Hall–Kier alpha value is -4.51. The zero-order valence-corrected chi connectivity index (χ0v) is 18.8. The van der Waals surface area contributed by atoms with Gasteiger partial charge in [0.25, 0.3) is 5.56 Å². The van der Waals surface area contributed by atoms with E-state index in [-0.39, 0.29) is 16.8 Å². The Morgan fingerprint density at radius 2 is 1.88 bits per heavy atom. The van der Waals surface area contributed by atoms with Crippen molar-refractivity contribution in [2.24, 2.45) is 7.05 Å². The van der Waals surface area contributed by atoms with Crippen molar-refractivity contribution in [3.05, 3.63) is 93.0 Å². The lowest BCUT2D eigenvalue weighted by Crippen LogP contribution is -2.22. The fourth-order valence-corrected chi connectivity index (χ4v) is 3.97. The first-order chi connectivity index (χ1) is 16.2. The van der Waals surface area contributed by atoms with E-state index in [1.807, 2.05) is 13.0 Å². The minimum atomic E-state index is -1.18. The SMILES string of the molecule is Cc1cc([C@@H](C)Nc2cc(F)ccc2C(=O)O)c2nc(-c3ccc(C#N)cc3)n(C)c(=O)c2c1. The summed E-state index contributed by atoms with van der Waals surface area (Å²) in [5.41, 5.74) is 2.96. The molecule has 0 aliphatic heterocycles. The number of aryl methyl sites for hydroxylation is 1. The second-order valence-corrected chi connectivity index (χ2v) is 8.10. The largest absolute Gasteiger partial charge is 0.478 e. The van der Waals surface area contributed by atoms with Crippen LogP contribution in [-0.2, 0) is 7.05 Å². The van der Waals surface area contributed by atoms with Crippen molar-refractivity contribution in [2.75, 3.05) is 5.32 Å². The molecule has 1 atom stereocenters. The number of carboxylic acid groups (broad SMARTS) is 1. The monoisotopic (exact) mass is 456 g/mol. The quantitative estimate of drug-likeness (QED) is 0.447. The topological polar surface area (TPSA) is 108 Å². The summed E-state index contributed by atoms with van der Waals surface area (Å²) in [5.74, 6) is -1.32. The van der Waals surface area contributed by atoms with E-state index in [1.165, 1.54) is 10.6 Å². The van der Waals surface area contributed by atoms with E-state index in [1.54, 1.807) is 44.3 Å². The Kier molecular flexibility index (Phi) is 5.86. The molecule has 1 aromatic heterocycles. The predicted octanol–water partition coefficient (Wildman–Crippen LogP) is 4.79.